The minimum Gasteiger partial charge on any atom is -0.353 e. The van der Waals surface area contributed by atoms with Gasteiger partial charge in [-0.15, -0.1) is 0 Å². The Balaban J connectivity index is 2.36. The van der Waals surface area contributed by atoms with E-state index in [0.29, 0.717) is 12.0 Å². The van der Waals surface area contributed by atoms with Gasteiger partial charge in [-0.2, -0.15) is 0 Å². The van der Waals surface area contributed by atoms with Gasteiger partial charge in [-0.05, 0) is 51.6 Å². The van der Waals surface area contributed by atoms with Crippen molar-refractivity contribution in [1.82, 2.24) is 15.2 Å². The second kappa shape index (κ2) is 8.38. The van der Waals surface area contributed by atoms with Gasteiger partial charge < -0.3 is 10.2 Å². The van der Waals surface area contributed by atoms with Gasteiger partial charge in [0.15, 0.2) is 0 Å². The van der Waals surface area contributed by atoms with Crippen molar-refractivity contribution in [2.75, 3.05) is 20.1 Å². The first-order valence-electron chi connectivity index (χ1n) is 7.66. The molecule has 0 aliphatic heterocycles. The summed E-state index contributed by atoms with van der Waals surface area (Å²) in [4.78, 5) is 2.65. The molecule has 0 bridgehead atoms. The van der Waals surface area contributed by atoms with Gasteiger partial charge in [-0.1, -0.05) is 13.8 Å². The van der Waals surface area contributed by atoms with Crippen LogP contribution in [0.25, 0.3) is 0 Å². The van der Waals surface area contributed by atoms with E-state index in [1.165, 1.54) is 43.8 Å². The van der Waals surface area contributed by atoms with Gasteiger partial charge in [0.2, 0.25) is 5.96 Å². The molecule has 4 N–H and O–H groups in total. The monoisotopic (exact) mass is 269 g/mol. The number of hydrazine groups is 1. The van der Waals surface area contributed by atoms with Crippen LogP contribution in [0.15, 0.2) is 0 Å². The van der Waals surface area contributed by atoms with Crippen molar-refractivity contribution < 1.29 is 0 Å². The van der Waals surface area contributed by atoms with Crippen LogP contribution in [0, 0.1) is 5.41 Å². The van der Waals surface area contributed by atoms with E-state index in [-0.39, 0.29) is 0 Å². The summed E-state index contributed by atoms with van der Waals surface area (Å²) >= 11 is 0. The lowest BCUT2D eigenvalue weighted by Crippen LogP contribution is -2.49. The van der Waals surface area contributed by atoms with Gasteiger partial charge in [0.05, 0.1) is 0 Å². The summed E-state index contributed by atoms with van der Waals surface area (Å²) in [6.07, 6.45) is 7.23. The van der Waals surface area contributed by atoms with Crippen molar-refractivity contribution in [1.29, 1.82) is 5.41 Å². The minimum absolute atomic E-state index is 0.322. The van der Waals surface area contributed by atoms with Crippen LogP contribution in [0.3, 0.4) is 0 Å². The zero-order chi connectivity index (χ0) is 14.3. The first kappa shape index (κ1) is 16.2. The Hall–Kier alpha value is -0.810. The molecular weight excluding hydrogens is 238 g/mol. The Morgan fingerprint density at radius 1 is 1.16 bits per heavy atom. The summed E-state index contributed by atoms with van der Waals surface area (Å²) in [5.41, 5.74) is 0. The van der Waals surface area contributed by atoms with E-state index in [9.17, 15) is 0 Å². The van der Waals surface area contributed by atoms with Crippen LogP contribution in [0.2, 0.25) is 0 Å². The molecule has 0 unspecified atom stereocenters. The Morgan fingerprint density at radius 3 is 2.11 bits per heavy atom. The third-order valence-corrected chi connectivity index (χ3v) is 3.93. The molecule has 1 aliphatic rings. The molecule has 0 radical (unpaired) electrons. The van der Waals surface area contributed by atoms with E-state index in [1.54, 1.807) is 7.05 Å². The minimum atomic E-state index is 0.322. The summed E-state index contributed by atoms with van der Waals surface area (Å²) in [5, 5.41) is 12.3. The summed E-state index contributed by atoms with van der Waals surface area (Å²) in [6.45, 7) is 6.96. The summed E-state index contributed by atoms with van der Waals surface area (Å²) in [7, 11) is 1.70. The molecule has 5 heteroatoms. The van der Waals surface area contributed by atoms with Crippen molar-refractivity contribution >= 4 is 5.96 Å². The number of hydrogen-bond acceptors (Lipinski definition) is 3. The molecule has 0 aromatic rings. The lowest BCUT2D eigenvalue weighted by molar-refractivity contribution is 0.146. The number of nitrogens with one attached hydrogen (secondary N) is 2. The van der Waals surface area contributed by atoms with Crippen LogP contribution in [0.1, 0.15) is 52.4 Å². The lowest BCUT2D eigenvalue weighted by Gasteiger charge is -2.37. The van der Waals surface area contributed by atoms with E-state index in [2.05, 4.69) is 24.1 Å². The van der Waals surface area contributed by atoms with Crippen LogP contribution in [0.4, 0.5) is 0 Å². The maximum Gasteiger partial charge on any atom is 0.205 e. The number of nitrogens with zero attached hydrogens (tertiary/aromatic N) is 2. The molecule has 0 aromatic heterocycles. The number of nitrogens with two attached hydrogens (primary N) is 1. The van der Waals surface area contributed by atoms with Crippen LogP contribution in [-0.2, 0) is 0 Å². The standard InChI is InChI=1S/C14H31N5/c1-4-10-19(11-5-2)13-8-6-12(7-9-13)17-14(15)18(3)16/h12-13H,4-11,16H2,1-3H3,(H2,15,17)/t12-,13-. The average molecular weight is 269 g/mol. The van der Waals surface area contributed by atoms with Crippen LogP contribution in [-0.4, -0.2) is 48.1 Å². The highest BCUT2D eigenvalue weighted by Gasteiger charge is 2.25. The summed E-state index contributed by atoms with van der Waals surface area (Å²) in [5.74, 6) is 5.87. The Morgan fingerprint density at radius 2 is 1.68 bits per heavy atom. The number of guanidine groups is 1. The van der Waals surface area contributed by atoms with Crippen molar-refractivity contribution in [3.63, 3.8) is 0 Å². The molecule has 0 aromatic carbocycles. The molecule has 0 atom stereocenters. The van der Waals surface area contributed by atoms with Crippen LogP contribution < -0.4 is 11.2 Å². The van der Waals surface area contributed by atoms with Gasteiger partial charge in [0, 0.05) is 19.1 Å². The van der Waals surface area contributed by atoms with E-state index < -0.39 is 0 Å². The Kier molecular flexibility index (Phi) is 7.16. The molecule has 1 rings (SSSR count). The van der Waals surface area contributed by atoms with E-state index in [1.807, 2.05) is 0 Å². The number of hydrogen-bond donors (Lipinski definition) is 3. The molecule has 1 saturated carbocycles. The van der Waals surface area contributed by atoms with E-state index in [4.69, 9.17) is 11.3 Å². The molecule has 0 amide bonds. The largest absolute Gasteiger partial charge is 0.353 e. The zero-order valence-electron chi connectivity index (χ0n) is 12.8. The third kappa shape index (κ3) is 5.37. The van der Waals surface area contributed by atoms with Gasteiger partial charge in [-0.25, -0.2) is 5.84 Å². The fourth-order valence-electron chi connectivity index (χ4n) is 2.93. The Labute approximate surface area is 118 Å². The zero-order valence-corrected chi connectivity index (χ0v) is 12.8. The normalized spacial score (nSPS) is 23.4. The maximum atomic E-state index is 7.73. The van der Waals surface area contributed by atoms with Crippen molar-refractivity contribution in [3.05, 3.63) is 0 Å². The average Bonchev–Trinajstić information content (AvgIpc) is 2.39. The smallest absolute Gasteiger partial charge is 0.205 e. The van der Waals surface area contributed by atoms with Crippen molar-refractivity contribution in [2.45, 2.75) is 64.5 Å². The molecule has 1 aliphatic carbocycles. The third-order valence-electron chi connectivity index (χ3n) is 3.93. The predicted molar refractivity (Wildman–Crippen MR) is 81.0 cm³/mol. The molecule has 19 heavy (non-hydrogen) atoms. The van der Waals surface area contributed by atoms with Gasteiger partial charge in [0.1, 0.15) is 0 Å². The molecule has 0 saturated heterocycles. The second-order valence-electron chi connectivity index (χ2n) is 5.65. The molecule has 112 valence electrons. The summed E-state index contributed by atoms with van der Waals surface area (Å²) < 4.78 is 0. The van der Waals surface area contributed by atoms with E-state index >= 15 is 0 Å². The van der Waals surface area contributed by atoms with Gasteiger partial charge in [-0.3, -0.25) is 10.4 Å². The van der Waals surface area contributed by atoms with E-state index in [0.717, 1.165) is 18.9 Å². The van der Waals surface area contributed by atoms with Crippen LogP contribution >= 0.6 is 0 Å². The first-order valence-corrected chi connectivity index (χ1v) is 7.66. The molecule has 0 spiro atoms. The maximum absolute atomic E-state index is 7.73. The lowest BCUT2D eigenvalue weighted by atomic mass is 9.90. The quantitative estimate of drug-likeness (QED) is 0.297. The predicted octanol–water partition coefficient (Wildman–Crippen LogP) is 1.75. The highest BCUT2D eigenvalue weighted by atomic mass is 15.5. The highest BCUT2D eigenvalue weighted by molar-refractivity contribution is 5.75. The van der Waals surface area contributed by atoms with Crippen LogP contribution in [0.5, 0.6) is 0 Å². The topological polar surface area (TPSA) is 68.4 Å². The highest BCUT2D eigenvalue weighted by Crippen LogP contribution is 2.23. The molecule has 0 heterocycles. The fourth-order valence-corrected chi connectivity index (χ4v) is 2.93. The van der Waals surface area contributed by atoms with Gasteiger partial charge >= 0.3 is 0 Å². The molecule has 1 fully saturated rings. The summed E-state index contributed by atoms with van der Waals surface area (Å²) in [6, 6.07) is 1.16. The Bertz CT molecular complexity index is 253. The second-order valence-corrected chi connectivity index (χ2v) is 5.65. The van der Waals surface area contributed by atoms with Crippen molar-refractivity contribution in [3.8, 4) is 0 Å². The number of rotatable bonds is 6. The molecule has 5 nitrogen and oxygen atoms in total. The SMILES string of the molecule is CCCN(CCC)[C@H]1CC[C@H](NC(=N)N(C)N)CC1. The molecular formula is C14H31N5. The fraction of sp³-hybridized carbons (Fsp3) is 0.929. The van der Waals surface area contributed by atoms with Crippen molar-refractivity contribution in [2.24, 2.45) is 5.84 Å². The first-order chi connectivity index (χ1) is 9.08. The van der Waals surface area contributed by atoms with Gasteiger partial charge in [0.25, 0.3) is 0 Å².